The molecule has 108 valence electrons. The van der Waals surface area contributed by atoms with Gasteiger partial charge < -0.3 is 9.52 Å². The molecule has 1 unspecified atom stereocenters. The maximum atomic E-state index is 10.8. The lowest BCUT2D eigenvalue weighted by molar-refractivity contribution is -0.138. The molecular formula is C16H15NO3S. The van der Waals surface area contributed by atoms with Crippen molar-refractivity contribution < 1.29 is 14.3 Å². The van der Waals surface area contributed by atoms with Crippen LogP contribution in [0, 0.1) is 0 Å². The highest BCUT2D eigenvalue weighted by Crippen LogP contribution is 2.21. The van der Waals surface area contributed by atoms with Crippen molar-refractivity contribution in [3.8, 4) is 11.5 Å². The first kappa shape index (κ1) is 15.0. The number of carbonyl (C=O) groups is 1. The van der Waals surface area contributed by atoms with E-state index in [0.29, 0.717) is 5.89 Å². The van der Waals surface area contributed by atoms with Gasteiger partial charge in [0.05, 0.1) is 12.1 Å². The van der Waals surface area contributed by atoms with Crippen molar-refractivity contribution >= 4 is 17.3 Å². The van der Waals surface area contributed by atoms with Gasteiger partial charge in [-0.25, -0.2) is 4.98 Å². The predicted molar refractivity (Wildman–Crippen MR) is 82.3 cm³/mol. The van der Waals surface area contributed by atoms with Gasteiger partial charge in [0.1, 0.15) is 6.26 Å². The summed E-state index contributed by atoms with van der Waals surface area (Å²) in [5, 5.41) is 12.9. The minimum atomic E-state index is -0.830. The molecule has 3 rings (SSSR count). The maximum absolute atomic E-state index is 10.8. The normalized spacial score (nSPS) is 11.3. The molecule has 0 aliphatic rings. The number of hydrogen-bond donors (Lipinski definition) is 1. The Morgan fingerprint density at radius 2 is 1.90 bits per heavy atom. The number of carboxylic acids is 1. The topological polar surface area (TPSA) is 63.3 Å². The molecule has 1 aromatic carbocycles. The predicted octanol–water partition coefficient (Wildman–Crippen LogP) is 4.28. The van der Waals surface area contributed by atoms with Crippen LogP contribution in [0.1, 0.15) is 18.4 Å². The lowest BCUT2D eigenvalue weighted by atomic mass is 10.0. The molecule has 0 spiro atoms. The molecule has 1 N–H and O–H groups in total. The van der Waals surface area contributed by atoms with Gasteiger partial charge in [0, 0.05) is 5.56 Å². The highest BCUT2D eigenvalue weighted by Gasteiger charge is 2.13. The smallest absolute Gasteiger partial charge is 0.310 e. The third-order valence-electron chi connectivity index (χ3n) is 2.89. The quantitative estimate of drug-likeness (QED) is 0.784. The zero-order valence-electron chi connectivity index (χ0n) is 11.5. The fraction of sp³-hybridized carbons (Fsp3) is 0.125. The zero-order chi connectivity index (χ0) is 15.1. The van der Waals surface area contributed by atoms with Crippen LogP contribution in [0.3, 0.4) is 0 Å². The minimum Gasteiger partial charge on any atom is -0.481 e. The van der Waals surface area contributed by atoms with Crippen LogP contribution in [0.25, 0.3) is 11.5 Å². The number of benzene rings is 1. The Morgan fingerprint density at radius 1 is 1.24 bits per heavy atom. The van der Waals surface area contributed by atoms with Crippen LogP contribution < -0.4 is 0 Å². The van der Waals surface area contributed by atoms with E-state index in [1.807, 2.05) is 22.9 Å². The van der Waals surface area contributed by atoms with E-state index in [-0.39, 0.29) is 0 Å². The SMILES string of the molecule is CC(C(=O)O)c1ccc(-c2ncco2)cc1.c1ccsc1. The van der Waals surface area contributed by atoms with Crippen molar-refractivity contribution in [2.45, 2.75) is 12.8 Å². The average Bonchev–Trinajstić information content (AvgIpc) is 3.22. The van der Waals surface area contributed by atoms with E-state index in [1.165, 1.54) is 6.26 Å². The van der Waals surface area contributed by atoms with E-state index in [0.717, 1.165) is 11.1 Å². The molecule has 0 bridgehead atoms. The van der Waals surface area contributed by atoms with Crippen LogP contribution >= 0.6 is 11.3 Å². The lowest BCUT2D eigenvalue weighted by Crippen LogP contribution is -2.06. The second-order valence-corrected chi connectivity index (χ2v) is 5.13. The van der Waals surface area contributed by atoms with Gasteiger partial charge in [-0.1, -0.05) is 24.3 Å². The van der Waals surface area contributed by atoms with Gasteiger partial charge in [0.2, 0.25) is 5.89 Å². The van der Waals surface area contributed by atoms with Gasteiger partial charge in [-0.15, -0.1) is 0 Å². The Morgan fingerprint density at radius 3 is 2.33 bits per heavy atom. The van der Waals surface area contributed by atoms with Gasteiger partial charge in [-0.3, -0.25) is 4.79 Å². The number of thiophene rings is 1. The second kappa shape index (κ2) is 7.40. The van der Waals surface area contributed by atoms with Crippen molar-refractivity contribution in [2.24, 2.45) is 0 Å². The van der Waals surface area contributed by atoms with Gasteiger partial charge in [-0.2, -0.15) is 11.3 Å². The first-order valence-electron chi connectivity index (χ1n) is 6.38. The van der Waals surface area contributed by atoms with Crippen LogP contribution in [0.5, 0.6) is 0 Å². The Labute approximate surface area is 126 Å². The first-order chi connectivity index (χ1) is 10.2. The molecule has 2 heterocycles. The van der Waals surface area contributed by atoms with Crippen molar-refractivity contribution in [3.63, 3.8) is 0 Å². The van der Waals surface area contributed by atoms with Crippen LogP contribution in [0.15, 0.2) is 64.0 Å². The van der Waals surface area contributed by atoms with E-state index in [2.05, 4.69) is 4.98 Å². The van der Waals surface area contributed by atoms with Crippen LogP contribution in [0.4, 0.5) is 0 Å². The van der Waals surface area contributed by atoms with Gasteiger partial charge in [0.25, 0.3) is 0 Å². The first-order valence-corrected chi connectivity index (χ1v) is 7.32. The number of aromatic nitrogens is 1. The summed E-state index contributed by atoms with van der Waals surface area (Å²) in [6, 6.07) is 11.2. The number of nitrogens with zero attached hydrogens (tertiary/aromatic N) is 1. The molecule has 0 amide bonds. The molecule has 4 nitrogen and oxygen atoms in total. The van der Waals surface area contributed by atoms with E-state index < -0.39 is 11.9 Å². The Balaban J connectivity index is 0.000000272. The molecule has 1 atom stereocenters. The summed E-state index contributed by atoms with van der Waals surface area (Å²) in [5.74, 6) is -0.794. The van der Waals surface area contributed by atoms with Crippen molar-refractivity contribution in [1.82, 2.24) is 4.98 Å². The van der Waals surface area contributed by atoms with Crippen molar-refractivity contribution in [1.29, 1.82) is 0 Å². The number of aliphatic carboxylic acids is 1. The molecule has 21 heavy (non-hydrogen) atoms. The summed E-state index contributed by atoms with van der Waals surface area (Å²) in [6.45, 7) is 1.66. The van der Waals surface area contributed by atoms with Crippen LogP contribution in [0.2, 0.25) is 0 Å². The molecule has 0 radical (unpaired) electrons. The van der Waals surface area contributed by atoms with E-state index >= 15 is 0 Å². The zero-order valence-corrected chi connectivity index (χ0v) is 12.3. The summed E-state index contributed by atoms with van der Waals surface area (Å²) in [5.41, 5.74) is 1.61. The number of oxazole rings is 1. The monoisotopic (exact) mass is 301 g/mol. The highest BCUT2D eigenvalue weighted by molar-refractivity contribution is 7.07. The maximum Gasteiger partial charge on any atom is 0.310 e. The van der Waals surface area contributed by atoms with Crippen molar-refractivity contribution in [2.75, 3.05) is 0 Å². The van der Waals surface area contributed by atoms with Crippen LogP contribution in [-0.4, -0.2) is 16.1 Å². The molecule has 0 fully saturated rings. The number of carboxylic acid groups (broad SMARTS) is 1. The van der Waals surface area contributed by atoms with E-state index in [4.69, 9.17) is 9.52 Å². The Kier molecular flexibility index (Phi) is 5.29. The molecule has 5 heteroatoms. The molecular weight excluding hydrogens is 286 g/mol. The fourth-order valence-corrected chi connectivity index (χ4v) is 2.10. The number of rotatable bonds is 3. The molecule has 3 aromatic rings. The third kappa shape index (κ3) is 4.29. The fourth-order valence-electron chi connectivity index (χ4n) is 1.65. The summed E-state index contributed by atoms with van der Waals surface area (Å²) < 4.78 is 5.14. The summed E-state index contributed by atoms with van der Waals surface area (Å²) in [6.07, 6.45) is 3.08. The van der Waals surface area contributed by atoms with Crippen molar-refractivity contribution in [3.05, 3.63) is 65.2 Å². The lowest BCUT2D eigenvalue weighted by Gasteiger charge is -2.06. The number of hydrogen-bond acceptors (Lipinski definition) is 4. The van der Waals surface area contributed by atoms with E-state index in [9.17, 15) is 4.79 Å². The summed E-state index contributed by atoms with van der Waals surface area (Å²) >= 11 is 1.71. The Bertz CT molecular complexity index is 628. The summed E-state index contributed by atoms with van der Waals surface area (Å²) in [4.78, 5) is 14.8. The van der Waals surface area contributed by atoms with Gasteiger partial charge >= 0.3 is 5.97 Å². The molecule has 0 saturated carbocycles. The second-order valence-electron chi connectivity index (χ2n) is 4.31. The molecule has 0 saturated heterocycles. The molecule has 2 aromatic heterocycles. The largest absolute Gasteiger partial charge is 0.481 e. The van der Waals surface area contributed by atoms with Crippen LogP contribution in [-0.2, 0) is 4.79 Å². The summed E-state index contributed by atoms with van der Waals surface area (Å²) in [7, 11) is 0. The highest BCUT2D eigenvalue weighted by atomic mass is 32.1. The van der Waals surface area contributed by atoms with E-state index in [1.54, 1.807) is 48.7 Å². The average molecular weight is 301 g/mol. The standard InChI is InChI=1S/C12H11NO3.C4H4S/c1-8(12(14)15)9-2-4-10(5-3-9)11-13-6-7-16-11;1-2-4-5-3-1/h2-8H,1H3,(H,14,15);1-4H. The van der Waals surface area contributed by atoms with Gasteiger partial charge in [-0.05, 0) is 35.4 Å². The Hall–Kier alpha value is -2.40. The molecule has 0 aliphatic carbocycles. The minimum absolute atomic E-state index is 0.501. The van der Waals surface area contributed by atoms with Gasteiger partial charge in [0.15, 0.2) is 0 Å². The molecule has 0 aliphatic heterocycles. The third-order valence-corrected chi connectivity index (χ3v) is 3.51.